The maximum Gasteiger partial charge on any atom is 0.271 e. The summed E-state index contributed by atoms with van der Waals surface area (Å²) < 4.78 is 8.47. The van der Waals surface area contributed by atoms with Gasteiger partial charge in [-0.3, -0.25) is 4.79 Å². The number of halogens is 1. The summed E-state index contributed by atoms with van der Waals surface area (Å²) in [4.78, 5) is 12.2. The molecule has 0 bridgehead atoms. The minimum Gasteiger partial charge on any atom is -0.496 e. The van der Waals surface area contributed by atoms with Crippen LogP contribution in [0.5, 0.6) is 5.75 Å². The van der Waals surface area contributed by atoms with E-state index in [1.54, 1.807) is 25.5 Å². The molecule has 1 saturated carbocycles. The van der Waals surface area contributed by atoms with Crippen molar-refractivity contribution in [2.75, 3.05) is 7.11 Å². The molecule has 132 valence electrons. The van der Waals surface area contributed by atoms with Gasteiger partial charge in [-0.25, -0.2) is 5.43 Å². The van der Waals surface area contributed by atoms with Gasteiger partial charge in [0.15, 0.2) is 0 Å². The Bertz CT molecular complexity index is 764. The number of hydrogen-bond acceptors (Lipinski definition) is 3. The first-order chi connectivity index (χ1) is 12.2. The van der Waals surface area contributed by atoms with E-state index < -0.39 is 0 Å². The van der Waals surface area contributed by atoms with E-state index in [-0.39, 0.29) is 5.91 Å². The Morgan fingerprint density at radius 3 is 2.88 bits per heavy atom. The number of methoxy groups -OCH3 is 1. The third kappa shape index (κ3) is 4.62. The standard InChI is InChI=1S/C19H22IN3O2/c1-25-18-11-15(7-8-17(18)20)19(24)22-21-12-14-9-10-23(13-14)16-5-3-2-4-6-16/h7-13,16H,2-6H2,1H3,(H,22,24)/b21-12+. The number of ether oxygens (including phenoxy) is 1. The van der Waals surface area contributed by atoms with Gasteiger partial charge < -0.3 is 9.30 Å². The summed E-state index contributed by atoms with van der Waals surface area (Å²) in [7, 11) is 1.59. The fourth-order valence-corrected chi connectivity index (χ4v) is 3.70. The largest absolute Gasteiger partial charge is 0.496 e. The van der Waals surface area contributed by atoms with E-state index in [1.807, 2.05) is 12.1 Å². The van der Waals surface area contributed by atoms with Gasteiger partial charge >= 0.3 is 0 Å². The fraction of sp³-hybridized carbons (Fsp3) is 0.368. The summed E-state index contributed by atoms with van der Waals surface area (Å²) in [6, 6.07) is 7.95. The van der Waals surface area contributed by atoms with Gasteiger partial charge in [-0.15, -0.1) is 0 Å². The van der Waals surface area contributed by atoms with E-state index in [2.05, 4.69) is 50.1 Å². The molecule has 1 amide bonds. The number of aromatic nitrogens is 1. The molecule has 0 saturated heterocycles. The topological polar surface area (TPSA) is 55.6 Å². The number of nitrogens with zero attached hydrogens (tertiary/aromatic N) is 2. The van der Waals surface area contributed by atoms with Gasteiger partial charge in [0.05, 0.1) is 16.9 Å². The van der Waals surface area contributed by atoms with Crippen molar-refractivity contribution in [2.24, 2.45) is 5.10 Å². The molecule has 1 aliphatic rings. The molecule has 5 nitrogen and oxygen atoms in total. The van der Waals surface area contributed by atoms with Crippen LogP contribution in [0.15, 0.2) is 41.8 Å². The number of benzene rings is 1. The summed E-state index contributed by atoms with van der Waals surface area (Å²) in [6.07, 6.45) is 12.3. The van der Waals surface area contributed by atoms with Crippen molar-refractivity contribution in [3.63, 3.8) is 0 Å². The molecule has 25 heavy (non-hydrogen) atoms. The first kappa shape index (κ1) is 18.0. The number of rotatable bonds is 5. The molecule has 0 radical (unpaired) electrons. The van der Waals surface area contributed by atoms with Crippen LogP contribution < -0.4 is 10.2 Å². The number of carbonyl (C=O) groups is 1. The number of nitrogens with one attached hydrogen (secondary N) is 1. The van der Waals surface area contributed by atoms with Crippen LogP contribution in [0.25, 0.3) is 0 Å². The monoisotopic (exact) mass is 451 g/mol. The lowest BCUT2D eigenvalue weighted by molar-refractivity contribution is 0.0954. The average molecular weight is 451 g/mol. The van der Waals surface area contributed by atoms with E-state index in [0.717, 1.165) is 9.13 Å². The molecular weight excluding hydrogens is 429 g/mol. The average Bonchev–Trinajstić information content (AvgIpc) is 3.11. The van der Waals surface area contributed by atoms with Gasteiger partial charge in [0.2, 0.25) is 0 Å². The normalized spacial score (nSPS) is 15.4. The zero-order valence-corrected chi connectivity index (χ0v) is 16.4. The van der Waals surface area contributed by atoms with Gasteiger partial charge in [-0.2, -0.15) is 5.10 Å². The van der Waals surface area contributed by atoms with E-state index in [0.29, 0.717) is 17.4 Å². The van der Waals surface area contributed by atoms with Gasteiger partial charge in [0.1, 0.15) is 5.75 Å². The van der Waals surface area contributed by atoms with Crippen LogP contribution in [-0.2, 0) is 0 Å². The highest BCUT2D eigenvalue weighted by Crippen LogP contribution is 2.28. The van der Waals surface area contributed by atoms with Crippen LogP contribution in [0.2, 0.25) is 0 Å². The lowest BCUT2D eigenvalue weighted by Crippen LogP contribution is -2.17. The van der Waals surface area contributed by atoms with Crippen LogP contribution in [0.4, 0.5) is 0 Å². The Balaban J connectivity index is 1.59. The third-order valence-corrected chi connectivity index (χ3v) is 5.42. The first-order valence-electron chi connectivity index (χ1n) is 8.52. The van der Waals surface area contributed by atoms with Crippen molar-refractivity contribution < 1.29 is 9.53 Å². The van der Waals surface area contributed by atoms with E-state index in [4.69, 9.17) is 4.74 Å². The van der Waals surface area contributed by atoms with Crippen LogP contribution in [-0.4, -0.2) is 23.8 Å². The molecule has 1 heterocycles. The molecule has 3 rings (SSSR count). The molecule has 0 spiro atoms. The SMILES string of the molecule is COc1cc(C(=O)N/N=C/c2ccn(C3CCCCC3)c2)ccc1I. The number of carbonyl (C=O) groups excluding carboxylic acids is 1. The zero-order chi connectivity index (χ0) is 17.6. The first-order valence-corrected chi connectivity index (χ1v) is 9.59. The predicted molar refractivity (Wildman–Crippen MR) is 107 cm³/mol. The third-order valence-electron chi connectivity index (χ3n) is 4.53. The van der Waals surface area contributed by atoms with Crippen LogP contribution in [0, 0.1) is 3.57 Å². The van der Waals surface area contributed by atoms with Gasteiger partial charge in [-0.1, -0.05) is 19.3 Å². The van der Waals surface area contributed by atoms with Crippen molar-refractivity contribution in [1.29, 1.82) is 0 Å². The Labute approximate surface area is 161 Å². The highest BCUT2D eigenvalue weighted by molar-refractivity contribution is 14.1. The Hall–Kier alpha value is -1.83. The maximum absolute atomic E-state index is 12.2. The van der Waals surface area contributed by atoms with E-state index in [9.17, 15) is 4.79 Å². The molecule has 1 fully saturated rings. The fourth-order valence-electron chi connectivity index (χ4n) is 3.14. The molecule has 0 atom stereocenters. The Kier molecular flexibility index (Phi) is 6.12. The number of hydrazone groups is 1. The van der Waals surface area contributed by atoms with Crippen LogP contribution >= 0.6 is 22.6 Å². The van der Waals surface area contributed by atoms with Gasteiger partial charge in [0, 0.05) is 29.6 Å². The van der Waals surface area contributed by atoms with Crippen molar-refractivity contribution >= 4 is 34.7 Å². The molecule has 1 aromatic carbocycles. The minimum absolute atomic E-state index is 0.252. The predicted octanol–water partition coefficient (Wildman–Crippen LogP) is 4.37. The van der Waals surface area contributed by atoms with Gasteiger partial charge in [-0.05, 0) is 59.7 Å². The highest BCUT2D eigenvalue weighted by Gasteiger charge is 2.14. The molecule has 1 aliphatic carbocycles. The molecule has 0 unspecified atom stereocenters. The summed E-state index contributed by atoms with van der Waals surface area (Å²) in [5.41, 5.74) is 4.08. The second kappa shape index (κ2) is 8.51. The summed E-state index contributed by atoms with van der Waals surface area (Å²) in [5, 5.41) is 4.07. The second-order valence-corrected chi connectivity index (χ2v) is 7.39. The summed E-state index contributed by atoms with van der Waals surface area (Å²) in [6.45, 7) is 0. The van der Waals surface area contributed by atoms with Crippen LogP contribution in [0.1, 0.15) is 54.1 Å². The number of amides is 1. The summed E-state index contributed by atoms with van der Waals surface area (Å²) in [5.74, 6) is 0.430. The molecule has 1 N–H and O–H groups in total. The summed E-state index contributed by atoms with van der Waals surface area (Å²) >= 11 is 2.17. The molecule has 2 aromatic rings. The van der Waals surface area contributed by atoms with Crippen molar-refractivity contribution in [1.82, 2.24) is 9.99 Å². The van der Waals surface area contributed by atoms with E-state index in [1.165, 1.54) is 32.1 Å². The Morgan fingerprint density at radius 2 is 2.12 bits per heavy atom. The van der Waals surface area contributed by atoms with Crippen molar-refractivity contribution in [3.05, 3.63) is 51.4 Å². The lowest BCUT2D eigenvalue weighted by Gasteiger charge is -2.23. The maximum atomic E-state index is 12.2. The smallest absolute Gasteiger partial charge is 0.271 e. The molecular formula is C19H22IN3O2. The van der Waals surface area contributed by atoms with Gasteiger partial charge in [0.25, 0.3) is 5.91 Å². The number of hydrogen-bond donors (Lipinski definition) is 1. The molecule has 6 heteroatoms. The second-order valence-electron chi connectivity index (χ2n) is 6.23. The van der Waals surface area contributed by atoms with Crippen LogP contribution in [0.3, 0.4) is 0 Å². The zero-order valence-electron chi connectivity index (χ0n) is 14.2. The van der Waals surface area contributed by atoms with Crippen molar-refractivity contribution in [3.8, 4) is 5.75 Å². The highest BCUT2D eigenvalue weighted by atomic mass is 127. The Morgan fingerprint density at radius 1 is 1.32 bits per heavy atom. The molecule has 0 aliphatic heterocycles. The van der Waals surface area contributed by atoms with Crippen molar-refractivity contribution in [2.45, 2.75) is 38.1 Å². The minimum atomic E-state index is -0.252. The lowest BCUT2D eigenvalue weighted by atomic mass is 9.95. The molecule has 1 aromatic heterocycles. The van der Waals surface area contributed by atoms with E-state index >= 15 is 0 Å². The quantitative estimate of drug-likeness (QED) is 0.417.